The third-order valence-electron chi connectivity index (χ3n) is 3.27. The maximum Gasteiger partial charge on any atom is 0.0946 e. The van der Waals surface area contributed by atoms with Crippen molar-refractivity contribution < 1.29 is 0 Å². The minimum atomic E-state index is 0.689. The molecule has 1 aliphatic rings. The van der Waals surface area contributed by atoms with E-state index in [1.807, 2.05) is 41.9 Å². The summed E-state index contributed by atoms with van der Waals surface area (Å²) in [4.78, 5) is 4.09. The first kappa shape index (κ1) is 9.63. The molecule has 0 N–H and O–H groups in total. The van der Waals surface area contributed by atoms with Gasteiger partial charge in [0, 0.05) is 37.9 Å². The molecule has 3 rings (SSSR count). The van der Waals surface area contributed by atoms with E-state index in [9.17, 15) is 0 Å². The number of rotatable bonds is 5. The Morgan fingerprint density at radius 3 is 2.75 bits per heavy atom. The van der Waals surface area contributed by atoms with Gasteiger partial charge in [0.05, 0.1) is 6.33 Å². The molecule has 2 aromatic heterocycles. The van der Waals surface area contributed by atoms with Gasteiger partial charge >= 0.3 is 0 Å². The quantitative estimate of drug-likeness (QED) is 0.764. The Hall–Kier alpha value is -1.58. The summed E-state index contributed by atoms with van der Waals surface area (Å²) in [5.74, 6) is 1.57. The average molecular weight is 216 g/mol. The Balaban J connectivity index is 1.67. The summed E-state index contributed by atoms with van der Waals surface area (Å²) in [7, 11) is 0. The van der Waals surface area contributed by atoms with Crippen LogP contribution in [0.4, 0.5) is 0 Å². The van der Waals surface area contributed by atoms with Crippen LogP contribution >= 0.6 is 0 Å². The largest absolute Gasteiger partial charge is 0.337 e. The minimum absolute atomic E-state index is 0.689. The average Bonchev–Trinajstić information content (AvgIpc) is 2.79. The lowest BCUT2D eigenvalue weighted by Crippen LogP contribution is -2.18. The van der Waals surface area contributed by atoms with Crippen molar-refractivity contribution in [3.05, 3.63) is 37.2 Å². The highest BCUT2D eigenvalue weighted by molar-refractivity contribution is 4.86. The fourth-order valence-corrected chi connectivity index (χ4v) is 2.24. The van der Waals surface area contributed by atoms with Crippen LogP contribution in [-0.4, -0.2) is 19.3 Å². The molecule has 1 unspecified atom stereocenters. The molecule has 0 radical (unpaired) electrons. The van der Waals surface area contributed by atoms with Crippen LogP contribution in [0, 0.1) is 11.8 Å². The molecule has 1 fully saturated rings. The first-order valence-corrected chi connectivity index (χ1v) is 5.85. The number of hydrogen-bond donors (Lipinski definition) is 0. The summed E-state index contributed by atoms with van der Waals surface area (Å²) in [6.45, 7) is 2.08. The van der Waals surface area contributed by atoms with Gasteiger partial charge in [0.25, 0.3) is 0 Å². The zero-order chi connectivity index (χ0) is 10.8. The van der Waals surface area contributed by atoms with Crippen molar-refractivity contribution in [2.24, 2.45) is 11.8 Å². The molecule has 2 heterocycles. The topological polar surface area (TPSA) is 35.6 Å². The molecule has 0 spiro atoms. The molecule has 0 bridgehead atoms. The minimum Gasteiger partial charge on any atom is -0.337 e. The molecule has 0 aliphatic heterocycles. The van der Waals surface area contributed by atoms with E-state index in [1.165, 1.54) is 12.8 Å². The van der Waals surface area contributed by atoms with Crippen molar-refractivity contribution in [3.63, 3.8) is 0 Å². The van der Waals surface area contributed by atoms with Crippen LogP contribution in [0.25, 0.3) is 0 Å². The second kappa shape index (κ2) is 4.12. The lowest BCUT2D eigenvalue weighted by molar-refractivity contribution is 0.329. The van der Waals surface area contributed by atoms with Gasteiger partial charge in [0.2, 0.25) is 0 Å². The molecule has 1 atom stereocenters. The Bertz CT molecular complexity index is 378. The van der Waals surface area contributed by atoms with Crippen LogP contribution in [0.5, 0.6) is 0 Å². The number of hydrogen-bond acceptors (Lipinski definition) is 2. The Labute approximate surface area is 94.9 Å². The Kier molecular flexibility index (Phi) is 2.48. The maximum atomic E-state index is 4.29. The van der Waals surface area contributed by atoms with Crippen molar-refractivity contribution in [3.8, 4) is 0 Å². The van der Waals surface area contributed by atoms with Crippen molar-refractivity contribution in [2.45, 2.75) is 25.9 Å². The molecular weight excluding hydrogens is 200 g/mol. The lowest BCUT2D eigenvalue weighted by atomic mass is 10.0. The second-order valence-electron chi connectivity index (χ2n) is 4.59. The zero-order valence-electron chi connectivity index (χ0n) is 9.24. The first-order chi connectivity index (χ1) is 7.92. The van der Waals surface area contributed by atoms with Crippen molar-refractivity contribution >= 4 is 0 Å². The van der Waals surface area contributed by atoms with Crippen LogP contribution in [0.1, 0.15) is 12.8 Å². The van der Waals surface area contributed by atoms with Crippen molar-refractivity contribution in [2.75, 3.05) is 0 Å². The molecule has 84 valence electrons. The molecule has 0 saturated heterocycles. The fraction of sp³-hybridized carbons (Fsp3) is 0.500. The highest BCUT2D eigenvalue weighted by Crippen LogP contribution is 2.38. The number of nitrogens with zero attached hydrogens (tertiary/aromatic N) is 4. The van der Waals surface area contributed by atoms with E-state index in [-0.39, 0.29) is 0 Å². The SMILES string of the molecule is c1cnn(CC(Cn2ccnc2)C2CC2)c1. The molecule has 1 aliphatic carbocycles. The third kappa shape index (κ3) is 2.15. The molecular formula is C12H16N4. The molecule has 2 aromatic rings. The van der Waals surface area contributed by atoms with Gasteiger partial charge in [-0.3, -0.25) is 4.68 Å². The van der Waals surface area contributed by atoms with E-state index in [0.29, 0.717) is 5.92 Å². The van der Waals surface area contributed by atoms with Gasteiger partial charge in [0.15, 0.2) is 0 Å². The highest BCUT2D eigenvalue weighted by Gasteiger charge is 2.31. The van der Waals surface area contributed by atoms with Gasteiger partial charge in [-0.2, -0.15) is 5.10 Å². The zero-order valence-corrected chi connectivity index (χ0v) is 9.24. The normalized spacial score (nSPS) is 17.5. The number of aromatic nitrogens is 4. The standard InChI is InChI=1S/C12H16N4/c1-4-14-16(6-1)9-12(11-2-3-11)8-15-7-5-13-10-15/h1,4-7,10-12H,2-3,8-9H2. The van der Waals surface area contributed by atoms with Crippen LogP contribution in [-0.2, 0) is 13.1 Å². The van der Waals surface area contributed by atoms with Gasteiger partial charge in [-0.1, -0.05) is 0 Å². The lowest BCUT2D eigenvalue weighted by Gasteiger charge is -2.16. The predicted octanol–water partition coefficient (Wildman–Crippen LogP) is 1.81. The van der Waals surface area contributed by atoms with E-state index in [2.05, 4.69) is 14.6 Å². The molecule has 0 amide bonds. The van der Waals surface area contributed by atoms with Gasteiger partial charge in [-0.25, -0.2) is 4.98 Å². The predicted molar refractivity (Wildman–Crippen MR) is 60.7 cm³/mol. The summed E-state index contributed by atoms with van der Waals surface area (Å²) in [6.07, 6.45) is 12.4. The van der Waals surface area contributed by atoms with Crippen molar-refractivity contribution in [1.29, 1.82) is 0 Å². The van der Waals surface area contributed by atoms with Crippen LogP contribution in [0.3, 0.4) is 0 Å². The molecule has 4 nitrogen and oxygen atoms in total. The monoisotopic (exact) mass is 216 g/mol. The van der Waals surface area contributed by atoms with Crippen LogP contribution in [0.2, 0.25) is 0 Å². The second-order valence-corrected chi connectivity index (χ2v) is 4.59. The summed E-state index contributed by atoms with van der Waals surface area (Å²) < 4.78 is 4.21. The van der Waals surface area contributed by atoms with Crippen LogP contribution < -0.4 is 0 Å². The fourth-order valence-electron chi connectivity index (χ4n) is 2.24. The Morgan fingerprint density at radius 1 is 1.19 bits per heavy atom. The molecule has 16 heavy (non-hydrogen) atoms. The first-order valence-electron chi connectivity index (χ1n) is 5.85. The van der Waals surface area contributed by atoms with Gasteiger partial charge < -0.3 is 4.57 Å². The maximum absolute atomic E-state index is 4.29. The van der Waals surface area contributed by atoms with Gasteiger partial charge in [0.1, 0.15) is 0 Å². The van der Waals surface area contributed by atoms with E-state index in [0.717, 1.165) is 19.0 Å². The van der Waals surface area contributed by atoms with E-state index in [1.54, 1.807) is 0 Å². The molecule has 0 aromatic carbocycles. The summed E-state index contributed by atoms with van der Waals surface area (Å²) in [5.41, 5.74) is 0. The van der Waals surface area contributed by atoms with Gasteiger partial charge in [-0.05, 0) is 30.7 Å². The summed E-state index contributed by atoms with van der Waals surface area (Å²) in [5, 5.41) is 4.29. The van der Waals surface area contributed by atoms with E-state index >= 15 is 0 Å². The smallest absolute Gasteiger partial charge is 0.0946 e. The van der Waals surface area contributed by atoms with Gasteiger partial charge in [-0.15, -0.1) is 0 Å². The third-order valence-corrected chi connectivity index (χ3v) is 3.27. The van der Waals surface area contributed by atoms with E-state index in [4.69, 9.17) is 0 Å². The van der Waals surface area contributed by atoms with E-state index < -0.39 is 0 Å². The highest BCUT2D eigenvalue weighted by atomic mass is 15.3. The summed E-state index contributed by atoms with van der Waals surface area (Å²) in [6, 6.07) is 1.99. The Morgan fingerprint density at radius 2 is 2.12 bits per heavy atom. The summed E-state index contributed by atoms with van der Waals surface area (Å²) >= 11 is 0. The molecule has 1 saturated carbocycles. The van der Waals surface area contributed by atoms with Crippen LogP contribution in [0.15, 0.2) is 37.2 Å². The molecule has 4 heteroatoms. The number of imidazole rings is 1. The van der Waals surface area contributed by atoms with Crippen molar-refractivity contribution in [1.82, 2.24) is 19.3 Å².